The van der Waals surface area contributed by atoms with E-state index in [1.165, 1.54) is 6.92 Å². The highest BCUT2D eigenvalue weighted by molar-refractivity contribution is 5.79. The fourth-order valence-corrected chi connectivity index (χ4v) is 2.03. The van der Waals surface area contributed by atoms with Gasteiger partial charge in [0, 0.05) is 6.92 Å². The summed E-state index contributed by atoms with van der Waals surface area (Å²) in [4.78, 5) is 15.6. The third kappa shape index (κ3) is 2.28. The van der Waals surface area contributed by atoms with Crippen LogP contribution < -0.4 is 4.74 Å². The zero-order valence-corrected chi connectivity index (χ0v) is 11.2. The van der Waals surface area contributed by atoms with Crippen molar-refractivity contribution in [1.82, 2.24) is 4.98 Å². The van der Waals surface area contributed by atoms with Gasteiger partial charge >= 0.3 is 5.97 Å². The van der Waals surface area contributed by atoms with Crippen LogP contribution in [0.1, 0.15) is 12.5 Å². The Morgan fingerprint density at radius 3 is 2.75 bits per heavy atom. The highest BCUT2D eigenvalue weighted by Gasteiger charge is 2.14. The van der Waals surface area contributed by atoms with E-state index in [1.54, 1.807) is 6.07 Å². The first-order valence-corrected chi connectivity index (χ1v) is 6.28. The Hall–Kier alpha value is -2.62. The molecule has 0 unspecified atom stereocenters. The van der Waals surface area contributed by atoms with Gasteiger partial charge in [0.15, 0.2) is 5.58 Å². The molecule has 0 atom stereocenters. The van der Waals surface area contributed by atoms with E-state index < -0.39 is 0 Å². The lowest BCUT2D eigenvalue weighted by Gasteiger charge is -2.06. The largest absolute Gasteiger partial charge is 0.436 e. The highest BCUT2D eigenvalue weighted by Crippen LogP contribution is 2.32. The van der Waals surface area contributed by atoms with E-state index in [2.05, 4.69) is 4.98 Å². The van der Waals surface area contributed by atoms with Gasteiger partial charge in [-0.1, -0.05) is 18.2 Å². The summed E-state index contributed by atoms with van der Waals surface area (Å²) in [7, 11) is 0. The number of fused-ring (bicyclic) bond motifs is 1. The van der Waals surface area contributed by atoms with E-state index in [1.807, 2.05) is 43.3 Å². The summed E-state index contributed by atoms with van der Waals surface area (Å²) in [5.74, 6) is 0.541. The second kappa shape index (κ2) is 4.81. The van der Waals surface area contributed by atoms with Crippen LogP contribution in [0, 0.1) is 6.92 Å². The van der Waals surface area contributed by atoms with Crippen molar-refractivity contribution < 1.29 is 13.9 Å². The van der Waals surface area contributed by atoms with Gasteiger partial charge in [0.2, 0.25) is 5.89 Å². The van der Waals surface area contributed by atoms with Crippen LogP contribution in [0.4, 0.5) is 0 Å². The van der Waals surface area contributed by atoms with Gasteiger partial charge in [0.25, 0.3) is 0 Å². The third-order valence-corrected chi connectivity index (χ3v) is 2.92. The molecule has 0 saturated carbocycles. The first-order chi connectivity index (χ1) is 9.63. The number of oxazole rings is 1. The zero-order chi connectivity index (χ0) is 14.1. The molecule has 3 aromatic rings. The Morgan fingerprint density at radius 2 is 2.00 bits per heavy atom. The summed E-state index contributed by atoms with van der Waals surface area (Å²) in [6, 6.07) is 13.1. The molecular weight excluding hydrogens is 254 g/mol. The molecule has 0 N–H and O–H groups in total. The molecule has 4 nitrogen and oxygen atoms in total. The smallest absolute Gasteiger partial charge is 0.308 e. The van der Waals surface area contributed by atoms with Crippen molar-refractivity contribution in [1.29, 1.82) is 0 Å². The molecule has 0 aliphatic heterocycles. The summed E-state index contributed by atoms with van der Waals surface area (Å²) in [6.07, 6.45) is 0. The van der Waals surface area contributed by atoms with Crippen molar-refractivity contribution in [2.24, 2.45) is 0 Å². The summed E-state index contributed by atoms with van der Waals surface area (Å²) >= 11 is 0. The highest BCUT2D eigenvalue weighted by atomic mass is 16.5. The molecule has 0 aliphatic rings. The van der Waals surface area contributed by atoms with Crippen LogP contribution in [-0.2, 0) is 4.79 Å². The van der Waals surface area contributed by atoms with Crippen molar-refractivity contribution in [2.45, 2.75) is 13.8 Å². The van der Waals surface area contributed by atoms with Crippen molar-refractivity contribution >= 4 is 17.1 Å². The lowest BCUT2D eigenvalue weighted by Crippen LogP contribution is -2.03. The average Bonchev–Trinajstić information content (AvgIpc) is 2.81. The number of aromatic nitrogens is 1. The Balaban J connectivity index is 2.15. The van der Waals surface area contributed by atoms with Gasteiger partial charge in [0.1, 0.15) is 11.3 Å². The van der Waals surface area contributed by atoms with Gasteiger partial charge in [-0.2, -0.15) is 0 Å². The standard InChI is InChI=1S/C16H13NO3/c1-10-7-8-12(15(9-10)19-11(2)18)16-17-13-5-3-4-6-14(13)20-16/h3-9H,1-2H3. The maximum absolute atomic E-state index is 11.2. The number of rotatable bonds is 2. The van der Waals surface area contributed by atoms with E-state index in [-0.39, 0.29) is 5.97 Å². The van der Waals surface area contributed by atoms with E-state index in [9.17, 15) is 4.79 Å². The maximum Gasteiger partial charge on any atom is 0.308 e. The summed E-state index contributed by atoms with van der Waals surface area (Å²) in [5.41, 5.74) is 3.15. The van der Waals surface area contributed by atoms with Gasteiger partial charge in [-0.3, -0.25) is 4.79 Å². The van der Waals surface area contributed by atoms with Crippen LogP contribution in [0.3, 0.4) is 0 Å². The van der Waals surface area contributed by atoms with Crippen molar-refractivity contribution in [3.05, 3.63) is 48.0 Å². The van der Waals surface area contributed by atoms with E-state index >= 15 is 0 Å². The molecular formula is C16H13NO3. The minimum absolute atomic E-state index is 0.368. The second-order valence-corrected chi connectivity index (χ2v) is 4.58. The van der Waals surface area contributed by atoms with Gasteiger partial charge in [-0.25, -0.2) is 4.98 Å². The van der Waals surface area contributed by atoms with Crippen LogP contribution >= 0.6 is 0 Å². The molecule has 0 radical (unpaired) electrons. The average molecular weight is 267 g/mol. The Bertz CT molecular complexity index is 756. The molecule has 4 heteroatoms. The van der Waals surface area contributed by atoms with E-state index in [4.69, 9.17) is 9.15 Å². The van der Waals surface area contributed by atoms with Gasteiger partial charge in [0.05, 0.1) is 5.56 Å². The first kappa shape index (κ1) is 12.4. The summed E-state index contributed by atoms with van der Waals surface area (Å²) in [6.45, 7) is 3.31. The molecule has 0 amide bonds. The van der Waals surface area contributed by atoms with Crippen LogP contribution in [-0.4, -0.2) is 11.0 Å². The Labute approximate surface area is 116 Å². The third-order valence-electron chi connectivity index (χ3n) is 2.92. The van der Waals surface area contributed by atoms with Crippen molar-refractivity contribution in [2.75, 3.05) is 0 Å². The van der Waals surface area contributed by atoms with Crippen molar-refractivity contribution in [3.63, 3.8) is 0 Å². The van der Waals surface area contributed by atoms with E-state index in [0.29, 0.717) is 22.8 Å². The topological polar surface area (TPSA) is 52.3 Å². The number of carbonyl (C=O) groups is 1. The number of nitrogens with zero attached hydrogens (tertiary/aromatic N) is 1. The molecule has 20 heavy (non-hydrogen) atoms. The Morgan fingerprint density at radius 1 is 1.20 bits per heavy atom. The van der Waals surface area contributed by atoms with Crippen LogP contribution in [0.15, 0.2) is 46.9 Å². The number of para-hydroxylation sites is 2. The number of carbonyl (C=O) groups excluding carboxylic acids is 1. The quantitative estimate of drug-likeness (QED) is 0.524. The van der Waals surface area contributed by atoms with Crippen molar-refractivity contribution in [3.8, 4) is 17.2 Å². The molecule has 100 valence electrons. The number of ether oxygens (including phenoxy) is 1. The number of hydrogen-bond acceptors (Lipinski definition) is 4. The molecule has 0 aliphatic carbocycles. The van der Waals surface area contributed by atoms with Gasteiger partial charge in [-0.15, -0.1) is 0 Å². The number of esters is 1. The molecule has 3 rings (SSSR count). The van der Waals surface area contributed by atoms with Crippen LogP contribution in [0.2, 0.25) is 0 Å². The lowest BCUT2D eigenvalue weighted by atomic mass is 10.1. The normalized spacial score (nSPS) is 10.7. The molecule has 0 bridgehead atoms. The fourth-order valence-electron chi connectivity index (χ4n) is 2.03. The summed E-state index contributed by atoms with van der Waals surface area (Å²) in [5, 5.41) is 0. The lowest BCUT2D eigenvalue weighted by molar-refractivity contribution is -0.131. The van der Waals surface area contributed by atoms with Crippen LogP contribution in [0.5, 0.6) is 5.75 Å². The maximum atomic E-state index is 11.2. The molecule has 1 aromatic heterocycles. The van der Waals surface area contributed by atoms with Gasteiger partial charge in [-0.05, 0) is 36.8 Å². The molecule has 0 spiro atoms. The van der Waals surface area contributed by atoms with E-state index in [0.717, 1.165) is 11.1 Å². The van der Waals surface area contributed by atoms with Crippen LogP contribution in [0.25, 0.3) is 22.6 Å². The minimum Gasteiger partial charge on any atom is -0.436 e. The number of hydrogen-bond donors (Lipinski definition) is 0. The monoisotopic (exact) mass is 267 g/mol. The predicted molar refractivity (Wildman–Crippen MR) is 75.5 cm³/mol. The van der Waals surface area contributed by atoms with Gasteiger partial charge < -0.3 is 9.15 Å². The molecule has 0 fully saturated rings. The SMILES string of the molecule is CC(=O)Oc1cc(C)ccc1-c1nc2ccccc2o1. The number of aryl methyl sites for hydroxylation is 1. The second-order valence-electron chi connectivity index (χ2n) is 4.58. The summed E-state index contributed by atoms with van der Waals surface area (Å²) < 4.78 is 11.0. The first-order valence-electron chi connectivity index (χ1n) is 6.28. The molecule has 0 saturated heterocycles. The predicted octanol–water partition coefficient (Wildman–Crippen LogP) is 3.73. The number of benzene rings is 2. The molecule has 1 heterocycles. The zero-order valence-electron chi connectivity index (χ0n) is 11.2. The molecule has 2 aromatic carbocycles. The Kier molecular flexibility index (Phi) is 2.99. The minimum atomic E-state index is -0.368. The fraction of sp³-hybridized carbons (Fsp3) is 0.125.